The van der Waals surface area contributed by atoms with Crippen LogP contribution in [-0.2, 0) is 10.4 Å². The van der Waals surface area contributed by atoms with Gasteiger partial charge in [-0.05, 0) is 51.5 Å². The molecule has 0 saturated carbocycles. The van der Waals surface area contributed by atoms with E-state index in [1.807, 2.05) is 60.4 Å². The van der Waals surface area contributed by atoms with Crippen molar-refractivity contribution in [3.8, 4) is 5.75 Å². The molecule has 0 fully saturated rings. The van der Waals surface area contributed by atoms with Crippen LogP contribution in [0.15, 0.2) is 48.5 Å². The van der Waals surface area contributed by atoms with Crippen molar-refractivity contribution in [2.75, 3.05) is 25.1 Å². The van der Waals surface area contributed by atoms with E-state index in [4.69, 9.17) is 9.47 Å². The highest BCUT2D eigenvalue weighted by Crippen LogP contribution is 2.40. The van der Waals surface area contributed by atoms with Crippen molar-refractivity contribution in [3.05, 3.63) is 59.7 Å². The first kappa shape index (κ1) is 20.2. The molecule has 1 aliphatic heterocycles. The van der Waals surface area contributed by atoms with Gasteiger partial charge in [0.15, 0.2) is 0 Å². The summed E-state index contributed by atoms with van der Waals surface area (Å²) in [6.07, 6.45) is 0.871. The molecule has 3 rings (SSSR count). The van der Waals surface area contributed by atoms with Crippen LogP contribution in [0.5, 0.6) is 5.75 Å². The zero-order chi connectivity index (χ0) is 20.1. The molecule has 0 aliphatic carbocycles. The Morgan fingerprint density at radius 3 is 2.64 bits per heavy atom. The maximum Gasteiger partial charge on any atom is 0.258 e. The summed E-state index contributed by atoms with van der Waals surface area (Å²) < 4.78 is 11.2. The maximum absolute atomic E-state index is 13.4. The molecule has 2 unspecified atom stereocenters. The van der Waals surface area contributed by atoms with E-state index < -0.39 is 5.66 Å². The van der Waals surface area contributed by atoms with Gasteiger partial charge in [0, 0.05) is 23.9 Å². The van der Waals surface area contributed by atoms with Crippen molar-refractivity contribution in [1.82, 2.24) is 4.90 Å². The van der Waals surface area contributed by atoms with E-state index in [0.29, 0.717) is 25.4 Å². The molecule has 0 saturated heterocycles. The van der Waals surface area contributed by atoms with Gasteiger partial charge < -0.3 is 19.7 Å². The number of carbonyl (C=O) groups excluding carboxylic acids is 1. The topological polar surface area (TPSA) is 50.8 Å². The summed E-state index contributed by atoms with van der Waals surface area (Å²) in [7, 11) is 0. The Morgan fingerprint density at radius 1 is 1.11 bits per heavy atom. The van der Waals surface area contributed by atoms with Crippen molar-refractivity contribution in [1.29, 1.82) is 0 Å². The SMILES string of the molecule is CCOCCOc1cccc(C2(C)Nc3ccccc3C(=O)N2C(C)CC)c1. The predicted octanol–water partition coefficient (Wildman–Crippen LogP) is 4.64. The molecule has 150 valence electrons. The summed E-state index contributed by atoms with van der Waals surface area (Å²) in [6, 6.07) is 15.7. The zero-order valence-corrected chi connectivity index (χ0v) is 17.2. The van der Waals surface area contributed by atoms with Crippen molar-refractivity contribution in [2.45, 2.75) is 45.8 Å². The van der Waals surface area contributed by atoms with E-state index in [1.165, 1.54) is 0 Å². The molecule has 2 aromatic carbocycles. The summed E-state index contributed by atoms with van der Waals surface area (Å²) in [5.41, 5.74) is 1.89. The molecule has 0 aromatic heterocycles. The van der Waals surface area contributed by atoms with E-state index in [2.05, 4.69) is 26.1 Å². The zero-order valence-electron chi connectivity index (χ0n) is 17.2. The number of benzene rings is 2. The summed E-state index contributed by atoms with van der Waals surface area (Å²) in [6.45, 7) is 9.96. The van der Waals surface area contributed by atoms with Crippen LogP contribution in [0, 0.1) is 0 Å². The molecule has 0 spiro atoms. The molecule has 1 N–H and O–H groups in total. The minimum absolute atomic E-state index is 0.0499. The van der Waals surface area contributed by atoms with Crippen LogP contribution in [0.3, 0.4) is 0 Å². The Bertz CT molecular complexity index is 823. The highest BCUT2D eigenvalue weighted by atomic mass is 16.5. The molecule has 2 aromatic rings. The number of hydrogen-bond donors (Lipinski definition) is 1. The Morgan fingerprint density at radius 2 is 1.89 bits per heavy atom. The third-order valence-corrected chi connectivity index (χ3v) is 5.36. The molecule has 0 radical (unpaired) electrons. The highest BCUT2D eigenvalue weighted by molar-refractivity contribution is 6.02. The number of nitrogens with zero attached hydrogens (tertiary/aromatic N) is 1. The molecule has 2 atom stereocenters. The second-order valence-corrected chi connectivity index (χ2v) is 7.25. The lowest BCUT2D eigenvalue weighted by Crippen LogP contribution is -2.58. The van der Waals surface area contributed by atoms with Gasteiger partial charge in [0.05, 0.1) is 12.2 Å². The largest absolute Gasteiger partial charge is 0.491 e. The lowest BCUT2D eigenvalue weighted by atomic mass is 9.91. The van der Waals surface area contributed by atoms with E-state index >= 15 is 0 Å². The first-order valence-electron chi connectivity index (χ1n) is 10.0. The van der Waals surface area contributed by atoms with Crippen LogP contribution in [0.25, 0.3) is 0 Å². The minimum Gasteiger partial charge on any atom is -0.491 e. The monoisotopic (exact) mass is 382 g/mol. The van der Waals surface area contributed by atoms with Gasteiger partial charge in [-0.25, -0.2) is 0 Å². The number of rotatable bonds is 8. The van der Waals surface area contributed by atoms with Crippen LogP contribution in [-0.4, -0.2) is 36.7 Å². The summed E-state index contributed by atoms with van der Waals surface area (Å²) >= 11 is 0. The number of anilines is 1. The van der Waals surface area contributed by atoms with Gasteiger partial charge in [-0.1, -0.05) is 31.2 Å². The second kappa shape index (κ2) is 8.65. The van der Waals surface area contributed by atoms with E-state index in [-0.39, 0.29) is 11.9 Å². The number of amides is 1. The first-order chi connectivity index (χ1) is 13.5. The van der Waals surface area contributed by atoms with Crippen LogP contribution in [0.1, 0.15) is 50.0 Å². The van der Waals surface area contributed by atoms with Gasteiger partial charge in [0.1, 0.15) is 18.0 Å². The third-order valence-electron chi connectivity index (χ3n) is 5.36. The Labute approximate surface area is 167 Å². The minimum atomic E-state index is -0.667. The van der Waals surface area contributed by atoms with Crippen molar-refractivity contribution < 1.29 is 14.3 Å². The molecule has 5 heteroatoms. The Kier molecular flexibility index (Phi) is 6.25. The average molecular weight is 383 g/mol. The number of carbonyl (C=O) groups is 1. The Hall–Kier alpha value is -2.53. The summed E-state index contributed by atoms with van der Waals surface area (Å²) in [4.78, 5) is 15.3. The fourth-order valence-electron chi connectivity index (χ4n) is 3.72. The summed E-state index contributed by atoms with van der Waals surface area (Å²) in [5, 5.41) is 3.61. The normalized spacial score (nSPS) is 19.7. The first-order valence-corrected chi connectivity index (χ1v) is 10.0. The number of nitrogens with one attached hydrogen (secondary N) is 1. The fourth-order valence-corrected chi connectivity index (χ4v) is 3.72. The van der Waals surface area contributed by atoms with E-state index in [1.54, 1.807) is 0 Å². The lowest BCUT2D eigenvalue weighted by molar-refractivity contribution is 0.0399. The van der Waals surface area contributed by atoms with Crippen molar-refractivity contribution >= 4 is 11.6 Å². The van der Waals surface area contributed by atoms with Gasteiger partial charge in [0.25, 0.3) is 5.91 Å². The van der Waals surface area contributed by atoms with E-state index in [0.717, 1.165) is 23.4 Å². The van der Waals surface area contributed by atoms with Gasteiger partial charge in [-0.3, -0.25) is 4.79 Å². The van der Waals surface area contributed by atoms with Crippen LogP contribution >= 0.6 is 0 Å². The number of para-hydroxylation sites is 1. The van der Waals surface area contributed by atoms with Crippen molar-refractivity contribution in [2.24, 2.45) is 0 Å². The highest BCUT2D eigenvalue weighted by Gasteiger charge is 2.44. The predicted molar refractivity (Wildman–Crippen MR) is 112 cm³/mol. The standard InChI is InChI=1S/C23H30N2O3/c1-5-17(3)25-22(26)20-12-7-8-13-21(20)24-23(25,4)18-10-9-11-19(16-18)28-15-14-27-6-2/h7-13,16-17,24H,5-6,14-15H2,1-4H3. The number of fused-ring (bicyclic) bond motifs is 1. The van der Waals surface area contributed by atoms with Gasteiger partial charge >= 0.3 is 0 Å². The molecule has 1 heterocycles. The summed E-state index contributed by atoms with van der Waals surface area (Å²) in [5.74, 6) is 0.824. The van der Waals surface area contributed by atoms with Gasteiger partial charge in [0.2, 0.25) is 0 Å². The molecular formula is C23H30N2O3. The average Bonchev–Trinajstić information content (AvgIpc) is 2.71. The van der Waals surface area contributed by atoms with Crippen LogP contribution in [0.2, 0.25) is 0 Å². The van der Waals surface area contributed by atoms with E-state index in [9.17, 15) is 4.79 Å². The second-order valence-electron chi connectivity index (χ2n) is 7.25. The number of hydrogen-bond acceptors (Lipinski definition) is 4. The molecule has 0 bridgehead atoms. The lowest BCUT2D eigenvalue weighted by Gasteiger charge is -2.49. The smallest absolute Gasteiger partial charge is 0.258 e. The van der Waals surface area contributed by atoms with Crippen LogP contribution < -0.4 is 10.1 Å². The maximum atomic E-state index is 13.4. The van der Waals surface area contributed by atoms with Gasteiger partial charge in [-0.2, -0.15) is 0 Å². The van der Waals surface area contributed by atoms with Crippen molar-refractivity contribution in [3.63, 3.8) is 0 Å². The van der Waals surface area contributed by atoms with Crippen LogP contribution in [0.4, 0.5) is 5.69 Å². The molecular weight excluding hydrogens is 352 g/mol. The quantitative estimate of drug-likeness (QED) is 0.676. The molecule has 5 nitrogen and oxygen atoms in total. The fraction of sp³-hybridized carbons (Fsp3) is 0.435. The Balaban J connectivity index is 1.96. The third kappa shape index (κ3) is 3.85. The molecule has 28 heavy (non-hydrogen) atoms. The number of ether oxygens (including phenoxy) is 2. The molecule has 1 aliphatic rings. The van der Waals surface area contributed by atoms with Gasteiger partial charge in [-0.15, -0.1) is 0 Å². The molecule has 1 amide bonds.